The lowest BCUT2D eigenvalue weighted by Crippen LogP contribution is -2.35. The average molecular weight is 546 g/mol. The molecule has 0 saturated carbocycles. The number of esters is 1. The number of carbonyl (C=O) groups excluding carboxylic acids is 2. The third-order valence-corrected chi connectivity index (χ3v) is 6.24. The smallest absolute Gasteiger partial charge is 0.309 e. The Bertz CT molecular complexity index is 1310. The molecule has 3 rings (SSSR count). The van der Waals surface area contributed by atoms with E-state index in [0.29, 0.717) is 0 Å². The molecule has 9 nitrogen and oxygen atoms in total. The number of halogens is 2. The molecule has 1 heterocycles. The van der Waals surface area contributed by atoms with Gasteiger partial charge in [0.2, 0.25) is 11.5 Å². The summed E-state index contributed by atoms with van der Waals surface area (Å²) in [6.45, 7) is 2.95. The molecule has 2 atom stereocenters. The van der Waals surface area contributed by atoms with Gasteiger partial charge in [0.15, 0.2) is 11.9 Å². The van der Waals surface area contributed by atoms with Crippen LogP contribution in [0.4, 0.5) is 8.78 Å². The molecule has 3 aromatic rings. The molecule has 0 aliphatic carbocycles. The normalized spacial score (nSPS) is 12.5. The molecular weight excluding hydrogens is 516 g/mol. The van der Waals surface area contributed by atoms with E-state index in [1.165, 1.54) is 77.6 Å². The summed E-state index contributed by atoms with van der Waals surface area (Å²) in [4.78, 5) is 25.9. The van der Waals surface area contributed by atoms with E-state index in [1.54, 1.807) is 0 Å². The van der Waals surface area contributed by atoms with Gasteiger partial charge in [-0.25, -0.2) is 8.78 Å². The van der Waals surface area contributed by atoms with Crippen molar-refractivity contribution in [3.8, 4) is 23.0 Å². The molecule has 208 valence electrons. The van der Waals surface area contributed by atoms with Gasteiger partial charge in [-0.2, -0.15) is 4.73 Å². The number of Topliss-reactive ketones (excluding diaryl/α,β-unsaturated/α-hetero) is 1. The van der Waals surface area contributed by atoms with Crippen molar-refractivity contribution in [1.82, 2.24) is 0 Å². The Kier molecular flexibility index (Phi) is 9.29. The second-order valence-corrected chi connectivity index (χ2v) is 8.83. The standard InChI is InChI=1S/C28H29F2NO8/c1-15(12-21(32)26-27(33)24(38-5)10-11-31(26)35)28(34)39-16(2)25(19-13-17(29)6-8-22(19)36-3)20-14-18(30)7-9-23(20)37-4/h6-11,13-16,25,33H,12H2,1-5H3/t15-,16+/m1/s1. The Morgan fingerprint density at radius 3 is 1.90 bits per heavy atom. The molecule has 1 N–H and O–H groups in total. The highest BCUT2D eigenvalue weighted by Gasteiger charge is 2.34. The fourth-order valence-electron chi connectivity index (χ4n) is 4.32. The molecule has 2 aromatic carbocycles. The maximum absolute atomic E-state index is 14.3. The van der Waals surface area contributed by atoms with Gasteiger partial charge < -0.3 is 29.3 Å². The fraction of sp³-hybridized carbons (Fsp3) is 0.321. The van der Waals surface area contributed by atoms with Gasteiger partial charge in [-0.05, 0) is 43.3 Å². The summed E-state index contributed by atoms with van der Waals surface area (Å²) in [5.41, 5.74) is -0.0211. The third kappa shape index (κ3) is 6.36. The maximum atomic E-state index is 14.3. The van der Waals surface area contributed by atoms with Crippen LogP contribution in [0.1, 0.15) is 47.8 Å². The Hall–Kier alpha value is -4.41. The van der Waals surface area contributed by atoms with Gasteiger partial charge in [-0.3, -0.25) is 9.59 Å². The number of hydrogen-bond donors (Lipinski definition) is 1. The van der Waals surface area contributed by atoms with Crippen molar-refractivity contribution in [2.75, 3.05) is 21.3 Å². The van der Waals surface area contributed by atoms with E-state index in [9.17, 15) is 28.7 Å². The Morgan fingerprint density at radius 2 is 1.41 bits per heavy atom. The zero-order valence-corrected chi connectivity index (χ0v) is 22.1. The number of aromatic hydroxyl groups is 1. The monoisotopic (exact) mass is 545 g/mol. The van der Waals surface area contributed by atoms with Crippen molar-refractivity contribution >= 4 is 11.8 Å². The molecule has 0 bridgehead atoms. The average Bonchev–Trinajstić information content (AvgIpc) is 2.89. The summed E-state index contributed by atoms with van der Waals surface area (Å²) in [6.07, 6.45) is -0.484. The Morgan fingerprint density at radius 1 is 0.897 bits per heavy atom. The van der Waals surface area contributed by atoms with E-state index in [0.717, 1.165) is 6.20 Å². The lowest BCUT2D eigenvalue weighted by molar-refractivity contribution is -0.608. The summed E-state index contributed by atoms with van der Waals surface area (Å²) in [5, 5.41) is 22.4. The molecule has 0 aliphatic rings. The molecular formula is C28H29F2NO8. The highest BCUT2D eigenvalue weighted by molar-refractivity contribution is 5.98. The number of carbonyl (C=O) groups is 2. The van der Waals surface area contributed by atoms with Gasteiger partial charge in [-0.15, -0.1) is 0 Å². The number of aromatic nitrogens is 1. The fourth-order valence-corrected chi connectivity index (χ4v) is 4.32. The van der Waals surface area contributed by atoms with Crippen molar-refractivity contribution in [3.63, 3.8) is 0 Å². The summed E-state index contributed by atoms with van der Waals surface area (Å²) in [7, 11) is 4.03. The van der Waals surface area contributed by atoms with Crippen LogP contribution < -0.4 is 18.9 Å². The van der Waals surface area contributed by atoms with Gasteiger partial charge >= 0.3 is 11.7 Å². The molecule has 0 radical (unpaired) electrons. The SMILES string of the molecule is COc1ccc(F)cc1C(c1cc(F)ccc1OC)[C@H](C)OC(=O)[C@H](C)CC(=O)c1c(O)c(OC)cc[n+]1[O-]. The van der Waals surface area contributed by atoms with Crippen LogP contribution in [0.5, 0.6) is 23.0 Å². The minimum atomic E-state index is -1.05. The minimum absolute atomic E-state index is 0.0785. The quantitative estimate of drug-likeness (QED) is 0.164. The number of nitrogens with zero attached hydrogens (tertiary/aromatic N) is 1. The van der Waals surface area contributed by atoms with Crippen LogP contribution in [-0.2, 0) is 9.53 Å². The molecule has 39 heavy (non-hydrogen) atoms. The topological polar surface area (TPSA) is 118 Å². The molecule has 11 heteroatoms. The maximum Gasteiger partial charge on any atom is 0.309 e. The van der Waals surface area contributed by atoms with Crippen molar-refractivity contribution in [1.29, 1.82) is 0 Å². The first-order chi connectivity index (χ1) is 18.5. The van der Waals surface area contributed by atoms with Gasteiger partial charge in [0, 0.05) is 23.6 Å². The number of benzene rings is 2. The zero-order chi connectivity index (χ0) is 28.9. The van der Waals surface area contributed by atoms with E-state index in [1.807, 2.05) is 0 Å². The van der Waals surface area contributed by atoms with Gasteiger partial charge in [0.05, 0.1) is 33.2 Å². The summed E-state index contributed by atoms with van der Waals surface area (Å²) in [5.74, 6) is -4.97. The number of pyridine rings is 1. The first kappa shape index (κ1) is 29.2. The minimum Gasteiger partial charge on any atom is -0.618 e. The highest BCUT2D eigenvalue weighted by Crippen LogP contribution is 2.40. The molecule has 0 fully saturated rings. The first-order valence-electron chi connectivity index (χ1n) is 11.9. The van der Waals surface area contributed by atoms with Gasteiger partial charge in [-0.1, -0.05) is 6.92 Å². The molecule has 1 aromatic heterocycles. The van der Waals surface area contributed by atoms with E-state index >= 15 is 0 Å². The zero-order valence-electron chi connectivity index (χ0n) is 22.1. The second kappa shape index (κ2) is 12.4. The highest BCUT2D eigenvalue weighted by atomic mass is 19.1. The summed E-state index contributed by atoms with van der Waals surface area (Å²) < 4.78 is 50.3. The molecule has 0 spiro atoms. The van der Waals surface area contributed by atoms with Crippen LogP contribution in [0, 0.1) is 22.8 Å². The molecule has 0 aliphatic heterocycles. The molecule has 0 unspecified atom stereocenters. The Balaban J connectivity index is 1.93. The number of ketones is 1. The van der Waals surface area contributed by atoms with Crippen LogP contribution in [0.3, 0.4) is 0 Å². The largest absolute Gasteiger partial charge is 0.618 e. The second-order valence-electron chi connectivity index (χ2n) is 8.83. The molecule has 0 saturated heterocycles. The van der Waals surface area contributed by atoms with Crippen molar-refractivity contribution in [3.05, 3.63) is 82.3 Å². The van der Waals surface area contributed by atoms with Crippen LogP contribution in [0.25, 0.3) is 0 Å². The summed E-state index contributed by atoms with van der Waals surface area (Å²) in [6, 6.07) is 8.79. The van der Waals surface area contributed by atoms with E-state index < -0.39 is 59.2 Å². The number of rotatable bonds is 11. The lowest BCUT2D eigenvalue weighted by atomic mass is 9.85. The predicted molar refractivity (Wildman–Crippen MR) is 135 cm³/mol. The predicted octanol–water partition coefficient (Wildman–Crippen LogP) is 4.30. The molecule has 0 amide bonds. The number of ether oxygens (including phenoxy) is 4. The number of hydrogen-bond acceptors (Lipinski definition) is 8. The Labute approximate surface area is 224 Å². The third-order valence-electron chi connectivity index (χ3n) is 6.24. The van der Waals surface area contributed by atoms with Gasteiger partial charge in [0.25, 0.3) is 0 Å². The van der Waals surface area contributed by atoms with E-state index in [4.69, 9.17) is 18.9 Å². The van der Waals surface area contributed by atoms with Crippen LogP contribution in [0.15, 0.2) is 48.7 Å². The van der Waals surface area contributed by atoms with Crippen LogP contribution in [0.2, 0.25) is 0 Å². The number of methoxy groups -OCH3 is 3. The van der Waals surface area contributed by atoms with Crippen molar-refractivity contribution < 1.29 is 47.2 Å². The van der Waals surface area contributed by atoms with E-state index in [2.05, 4.69) is 0 Å². The van der Waals surface area contributed by atoms with Crippen LogP contribution in [-0.4, -0.2) is 44.3 Å². The van der Waals surface area contributed by atoms with Crippen molar-refractivity contribution in [2.45, 2.75) is 32.3 Å². The lowest BCUT2D eigenvalue weighted by Gasteiger charge is -2.28. The van der Waals surface area contributed by atoms with Gasteiger partial charge in [0.1, 0.15) is 29.2 Å². The van der Waals surface area contributed by atoms with E-state index in [-0.39, 0.29) is 33.1 Å². The van der Waals surface area contributed by atoms with Crippen molar-refractivity contribution in [2.24, 2.45) is 5.92 Å². The van der Waals surface area contributed by atoms with Crippen LogP contribution >= 0.6 is 0 Å². The first-order valence-corrected chi connectivity index (χ1v) is 11.9. The summed E-state index contributed by atoms with van der Waals surface area (Å²) >= 11 is 0.